The van der Waals surface area contributed by atoms with Crippen molar-refractivity contribution in [2.24, 2.45) is 46.6 Å². The van der Waals surface area contributed by atoms with Gasteiger partial charge in [0.1, 0.15) is 54.4 Å². The number of rotatable bonds is 20. The van der Waals surface area contributed by atoms with Gasteiger partial charge in [0.25, 0.3) is 0 Å². The first-order valence-corrected chi connectivity index (χ1v) is 31.9. The number of hydrogen-bond acceptors (Lipinski definition) is 22. The van der Waals surface area contributed by atoms with Crippen LogP contribution in [0.5, 0.6) is 0 Å². The molecule has 22 atom stereocenters. The monoisotopic (exact) mass is 1260 g/mol. The van der Waals surface area contributed by atoms with E-state index in [0.717, 1.165) is 12.1 Å². The van der Waals surface area contributed by atoms with Crippen molar-refractivity contribution < 1.29 is 99.1 Å². The second-order valence-electron chi connectivity index (χ2n) is 25.9. The van der Waals surface area contributed by atoms with Crippen LogP contribution >= 0.6 is 0 Å². The molecule has 0 radical (unpaired) electrons. The van der Waals surface area contributed by atoms with E-state index < -0.39 is 178 Å². The molecule has 4 fully saturated rings. The number of carbonyl (C=O) groups excluding carboxylic acids is 4. The zero-order chi connectivity index (χ0) is 65.2. The van der Waals surface area contributed by atoms with Crippen molar-refractivity contribution in [3.05, 3.63) is 30.1 Å². The zero-order valence-corrected chi connectivity index (χ0v) is 55.2. The molecule has 0 aliphatic carbocycles. The smallest absolute Gasteiger partial charge is 0.408 e. The van der Waals surface area contributed by atoms with E-state index in [9.17, 15) is 32.6 Å². The van der Waals surface area contributed by atoms with Crippen molar-refractivity contribution in [2.45, 2.75) is 238 Å². The summed E-state index contributed by atoms with van der Waals surface area (Å²) in [5, 5.41) is 29.6. The number of ether oxygens (including phenoxy) is 11. The van der Waals surface area contributed by atoms with Crippen LogP contribution < -0.4 is 10.0 Å². The highest BCUT2D eigenvalue weighted by atomic mass is 32.2. The molecule has 4 aliphatic heterocycles. The van der Waals surface area contributed by atoms with Gasteiger partial charge in [-0.05, 0) is 92.8 Å². The van der Waals surface area contributed by atoms with Crippen LogP contribution in [-0.2, 0) is 81.3 Å². The van der Waals surface area contributed by atoms with E-state index in [1.807, 2.05) is 34.7 Å². The summed E-state index contributed by atoms with van der Waals surface area (Å²) >= 11 is 0. The number of methoxy groups -OCH3 is 2. The van der Waals surface area contributed by atoms with Crippen LogP contribution in [-0.4, -0.2) is 204 Å². The Kier molecular flexibility index (Phi) is 27.0. The predicted molar refractivity (Wildman–Crippen MR) is 316 cm³/mol. The number of ketones is 1. The van der Waals surface area contributed by atoms with Gasteiger partial charge in [-0.15, -0.1) is 0 Å². The number of cyclic esters (lactones) is 1. The standard InChI is InChI=1S/C61H101FN4O20S/c1-31(2)24-45(67)82-51-38(9)50(33(4)29-78-58-54(76-18)53(75-17)47(68)41(12)81-58)84-56(71)40(11)52(83-46-25-34(5)66(16)28-36(7)79-46)37(8)49(85-57-48(69)43(65-77-19)26-35(6)80-57)32(3)27-61(15,55(70)39(51)10)86-59(72)64-60(13,14)30-63-87(73,74)44-23-21-20-22-42(44)62/h20-23,31-41,46-54,57-58,63,68-69H,24-30H2,1-19H3,(H,64,72)/b65-43+/t32-,33-,34?,35+,36-,37+,38-,39+,40+,41+,46-,47+,48+,49-,50+,51+,52-,53+,54+,57-,58+,61-/m0/s1. The van der Waals surface area contributed by atoms with Crippen molar-refractivity contribution in [3.8, 4) is 0 Å². The Morgan fingerprint density at radius 2 is 1.52 bits per heavy atom. The second kappa shape index (κ2) is 31.8. The van der Waals surface area contributed by atoms with Gasteiger partial charge in [0.15, 0.2) is 30.3 Å². The Balaban J connectivity index is 1.71. The number of Topliss-reactive ketones (excluding diaryl/α,β-unsaturated/α-hetero) is 1. The van der Waals surface area contributed by atoms with Gasteiger partial charge in [0.2, 0.25) is 10.0 Å². The van der Waals surface area contributed by atoms with Crippen molar-refractivity contribution in [1.82, 2.24) is 14.9 Å². The molecule has 26 heteroatoms. The molecule has 498 valence electrons. The lowest BCUT2D eigenvalue weighted by molar-refractivity contribution is -0.305. The summed E-state index contributed by atoms with van der Waals surface area (Å²) in [6.45, 7) is 25.6. The molecule has 5 rings (SSSR count). The number of nitrogens with one attached hydrogen (secondary N) is 2. The average Bonchev–Trinajstić information content (AvgIpc) is 1.46. The topological polar surface area (TPSA) is 293 Å². The highest BCUT2D eigenvalue weighted by molar-refractivity contribution is 7.89. The molecule has 24 nitrogen and oxygen atoms in total. The molecular weight excluding hydrogens is 1160 g/mol. The molecule has 0 spiro atoms. The van der Waals surface area contributed by atoms with Gasteiger partial charge in [0, 0.05) is 70.4 Å². The number of halogens is 1. The highest BCUT2D eigenvalue weighted by Crippen LogP contribution is 2.41. The lowest BCUT2D eigenvalue weighted by atomic mass is 9.74. The molecule has 4 saturated heterocycles. The number of esters is 2. The van der Waals surface area contributed by atoms with Gasteiger partial charge in [-0.3, -0.25) is 14.4 Å². The van der Waals surface area contributed by atoms with Gasteiger partial charge in [-0.25, -0.2) is 22.3 Å². The first-order valence-electron chi connectivity index (χ1n) is 30.4. The van der Waals surface area contributed by atoms with Crippen LogP contribution in [0, 0.1) is 47.2 Å². The third-order valence-electron chi connectivity index (χ3n) is 17.2. The molecule has 1 amide bonds. The summed E-state index contributed by atoms with van der Waals surface area (Å²) in [5.74, 6) is -9.35. The first-order chi connectivity index (χ1) is 40.6. The second-order valence-corrected chi connectivity index (χ2v) is 27.7. The van der Waals surface area contributed by atoms with Gasteiger partial charge < -0.3 is 77.4 Å². The third-order valence-corrected chi connectivity index (χ3v) is 18.6. The summed E-state index contributed by atoms with van der Waals surface area (Å²) in [7, 11) is 1.75. The normalized spacial score (nSPS) is 37.3. The van der Waals surface area contributed by atoms with Crippen molar-refractivity contribution in [1.29, 1.82) is 0 Å². The summed E-state index contributed by atoms with van der Waals surface area (Å²) in [5.41, 5.74) is -3.39. The van der Waals surface area contributed by atoms with Crippen LogP contribution in [0.15, 0.2) is 34.3 Å². The molecule has 4 heterocycles. The number of sulfonamides is 1. The molecule has 0 bridgehead atoms. The summed E-state index contributed by atoms with van der Waals surface area (Å²) < 4.78 is 114. The number of likely N-dealkylation sites (N-methyl/N-ethyl adjacent to an activating group) is 1. The van der Waals surface area contributed by atoms with E-state index in [1.165, 1.54) is 61.2 Å². The van der Waals surface area contributed by atoms with E-state index in [2.05, 4.69) is 20.1 Å². The SMILES string of the molecule is CO/N=C1\C[C@@H](C)O[C@@H](O[C@@H]2[C@@H](C)[C@H](O[C@H]3CC(C)N(C)C[C@H](C)O3)[C@@H](C)C(=O)O[C@H]([C@@H](C)CO[C@@H]3O[C@H](C)[C@@H](O)[C@@H](OC)[C@H]3OC)[C@H](C)[C@@H](OC(=O)CC(C)C)[C@@H](C)C(=O)[C@@](C)(OC(=O)NC(C)(C)CNS(=O)(=O)c3ccccc3F)C[C@@H]2C)[C@@H]1O. The number of aliphatic hydroxyl groups is 2. The fraction of sp³-hybridized carbons (Fsp3) is 0.820. The Hall–Kier alpha value is -4.03. The number of oxime groups is 1. The first kappa shape index (κ1) is 73.7. The fourth-order valence-corrected chi connectivity index (χ4v) is 13.6. The Morgan fingerprint density at radius 1 is 0.862 bits per heavy atom. The van der Waals surface area contributed by atoms with E-state index >= 15 is 9.59 Å². The van der Waals surface area contributed by atoms with Crippen LogP contribution in [0.2, 0.25) is 0 Å². The van der Waals surface area contributed by atoms with Gasteiger partial charge in [0.05, 0.1) is 60.2 Å². The van der Waals surface area contributed by atoms with E-state index in [-0.39, 0.29) is 49.6 Å². The van der Waals surface area contributed by atoms with Crippen LogP contribution in [0.25, 0.3) is 0 Å². The number of carbonyl (C=O) groups is 4. The molecule has 4 aliphatic rings. The minimum atomic E-state index is -4.44. The Morgan fingerprint density at radius 3 is 2.14 bits per heavy atom. The molecule has 1 unspecified atom stereocenters. The zero-order valence-electron chi connectivity index (χ0n) is 54.4. The van der Waals surface area contributed by atoms with Crippen molar-refractivity contribution in [2.75, 3.05) is 48.1 Å². The molecule has 1 aromatic rings. The molecule has 87 heavy (non-hydrogen) atoms. The van der Waals surface area contributed by atoms with Crippen LogP contribution in [0.4, 0.5) is 9.18 Å². The maximum absolute atomic E-state index is 16.0. The van der Waals surface area contributed by atoms with Crippen LogP contribution in [0.3, 0.4) is 0 Å². The van der Waals surface area contributed by atoms with Gasteiger partial charge in [-0.1, -0.05) is 65.8 Å². The maximum Gasteiger partial charge on any atom is 0.408 e. The molecule has 0 saturated carbocycles. The average molecular weight is 1260 g/mol. The van der Waals surface area contributed by atoms with E-state index in [0.29, 0.717) is 13.0 Å². The highest BCUT2D eigenvalue weighted by Gasteiger charge is 2.53. The third kappa shape index (κ3) is 19.3. The lowest BCUT2D eigenvalue weighted by Crippen LogP contribution is -2.59. The maximum atomic E-state index is 16.0. The van der Waals surface area contributed by atoms with Gasteiger partial charge >= 0.3 is 18.0 Å². The summed E-state index contributed by atoms with van der Waals surface area (Å²) in [6.07, 6.45) is -15.1. The number of hydrogen-bond donors (Lipinski definition) is 4. The summed E-state index contributed by atoms with van der Waals surface area (Å²) in [4.78, 5) is 66.9. The number of aliphatic hydroxyl groups excluding tert-OH is 2. The van der Waals surface area contributed by atoms with Crippen molar-refractivity contribution >= 4 is 39.6 Å². The van der Waals surface area contributed by atoms with Crippen LogP contribution in [0.1, 0.15) is 130 Å². The molecule has 4 N–H and O–H groups in total. The number of nitrogens with zero attached hydrogens (tertiary/aromatic N) is 2. The minimum Gasteiger partial charge on any atom is -0.461 e. The fourth-order valence-electron chi connectivity index (χ4n) is 12.3. The molecule has 1 aromatic carbocycles. The number of amides is 1. The van der Waals surface area contributed by atoms with Gasteiger partial charge in [-0.2, -0.15) is 0 Å². The minimum absolute atomic E-state index is 0.0422. The quantitative estimate of drug-likeness (QED) is 0.0671. The van der Waals surface area contributed by atoms with E-state index in [4.69, 9.17) is 56.9 Å². The summed E-state index contributed by atoms with van der Waals surface area (Å²) in [6, 6.07) is 4.78. The number of benzene rings is 1. The number of alkyl carbamates (subject to hydrolysis) is 1. The Bertz CT molecular complexity index is 2570. The predicted octanol–water partition coefficient (Wildman–Crippen LogP) is 5.90. The van der Waals surface area contributed by atoms with E-state index in [1.54, 1.807) is 48.5 Å². The molecule has 0 aromatic heterocycles. The molecular formula is C61H101FN4O20S. The lowest BCUT2D eigenvalue weighted by Gasteiger charge is -2.45. The Labute approximate surface area is 514 Å². The van der Waals surface area contributed by atoms with Crippen molar-refractivity contribution in [3.63, 3.8) is 0 Å². The largest absolute Gasteiger partial charge is 0.461 e.